The summed E-state index contributed by atoms with van der Waals surface area (Å²) in [6.45, 7) is 3.90. The molecule has 0 unspecified atom stereocenters. The second kappa shape index (κ2) is 7.31. The average molecular weight is 390 g/mol. The van der Waals surface area contributed by atoms with E-state index in [2.05, 4.69) is 20.2 Å². The third kappa shape index (κ3) is 3.78. The van der Waals surface area contributed by atoms with E-state index in [-0.39, 0.29) is 23.8 Å². The van der Waals surface area contributed by atoms with Crippen molar-refractivity contribution in [2.24, 2.45) is 11.8 Å². The lowest BCUT2D eigenvalue weighted by atomic mass is 9.99. The zero-order valence-electron chi connectivity index (χ0n) is 15.9. The quantitative estimate of drug-likeness (QED) is 0.785. The number of aromatic nitrogens is 4. The predicted molar refractivity (Wildman–Crippen MR) is 102 cm³/mol. The molecule has 0 spiro atoms. The molecular weight excluding hydrogens is 362 g/mol. The van der Waals surface area contributed by atoms with Gasteiger partial charge >= 0.3 is 0 Å². The summed E-state index contributed by atoms with van der Waals surface area (Å²) in [5.74, 6) is 2.10. The van der Waals surface area contributed by atoms with Crippen LogP contribution in [-0.2, 0) is 22.9 Å². The molecule has 146 valence electrons. The van der Waals surface area contributed by atoms with E-state index in [4.69, 9.17) is 0 Å². The Balaban J connectivity index is 1.52. The molecule has 1 N–H and O–H groups in total. The topological polar surface area (TPSA) is 91.8 Å². The van der Waals surface area contributed by atoms with Crippen LogP contribution in [0.2, 0.25) is 0 Å². The Labute approximate surface area is 160 Å². The molecule has 1 saturated carbocycles. The fraction of sp³-hybridized carbons (Fsp3) is 0.632. The van der Waals surface area contributed by atoms with Gasteiger partial charge in [0.2, 0.25) is 10.0 Å². The predicted octanol–water partition coefficient (Wildman–Crippen LogP) is 2.50. The molecule has 0 radical (unpaired) electrons. The van der Waals surface area contributed by atoms with E-state index in [0.717, 1.165) is 37.9 Å². The monoisotopic (exact) mass is 389 g/mol. The third-order valence-corrected chi connectivity index (χ3v) is 7.86. The van der Waals surface area contributed by atoms with Gasteiger partial charge in [-0.1, -0.05) is 13.8 Å². The van der Waals surface area contributed by atoms with E-state index in [0.29, 0.717) is 11.7 Å². The summed E-state index contributed by atoms with van der Waals surface area (Å²) in [5.41, 5.74) is 1.19. The number of piperidine rings is 1. The molecule has 27 heavy (non-hydrogen) atoms. The number of nitrogens with zero attached hydrogens (tertiary/aromatic N) is 4. The van der Waals surface area contributed by atoms with Crippen LogP contribution < -0.4 is 0 Å². The number of aromatic amines is 1. The molecule has 4 rings (SSSR count). The second-order valence-electron chi connectivity index (χ2n) is 8.17. The van der Waals surface area contributed by atoms with Crippen molar-refractivity contribution in [2.75, 3.05) is 5.75 Å². The van der Waals surface area contributed by atoms with Crippen LogP contribution in [0.4, 0.5) is 0 Å². The van der Waals surface area contributed by atoms with Crippen molar-refractivity contribution in [3.05, 3.63) is 41.7 Å². The van der Waals surface area contributed by atoms with Gasteiger partial charge in [-0.25, -0.2) is 13.4 Å². The molecule has 3 heterocycles. The highest BCUT2D eigenvalue weighted by atomic mass is 32.2. The number of pyridine rings is 1. The molecule has 2 aromatic rings. The van der Waals surface area contributed by atoms with Gasteiger partial charge in [0.15, 0.2) is 5.82 Å². The van der Waals surface area contributed by atoms with Crippen molar-refractivity contribution in [3.63, 3.8) is 0 Å². The van der Waals surface area contributed by atoms with Gasteiger partial charge in [0.05, 0.1) is 11.8 Å². The van der Waals surface area contributed by atoms with Crippen molar-refractivity contribution >= 4 is 10.0 Å². The minimum absolute atomic E-state index is 0.112. The number of nitrogens with one attached hydrogen (secondary N) is 1. The van der Waals surface area contributed by atoms with Crippen molar-refractivity contribution in [3.8, 4) is 0 Å². The number of sulfonamides is 1. The van der Waals surface area contributed by atoms with Gasteiger partial charge in [-0.15, -0.1) is 0 Å². The molecule has 3 atom stereocenters. The second-order valence-corrected chi connectivity index (χ2v) is 10.1. The summed E-state index contributed by atoms with van der Waals surface area (Å²) in [7, 11) is -3.29. The third-order valence-electron chi connectivity index (χ3n) is 5.61. The van der Waals surface area contributed by atoms with Crippen molar-refractivity contribution in [1.82, 2.24) is 24.5 Å². The molecule has 0 amide bonds. The molecule has 1 saturated heterocycles. The number of fused-ring (bicyclic) bond motifs is 2. The maximum absolute atomic E-state index is 13.0. The number of H-pyrrole nitrogens is 1. The normalized spacial score (nSPS) is 25.5. The van der Waals surface area contributed by atoms with Crippen molar-refractivity contribution < 1.29 is 8.42 Å². The van der Waals surface area contributed by atoms with Gasteiger partial charge in [-0.2, -0.15) is 9.40 Å². The Kier molecular flexibility index (Phi) is 5.03. The van der Waals surface area contributed by atoms with Crippen LogP contribution in [0, 0.1) is 11.8 Å². The summed E-state index contributed by atoms with van der Waals surface area (Å²) in [6.07, 6.45) is 8.09. The van der Waals surface area contributed by atoms with E-state index in [1.165, 1.54) is 5.56 Å². The molecule has 8 heteroatoms. The van der Waals surface area contributed by atoms with Crippen LogP contribution in [0.15, 0.2) is 24.5 Å². The lowest BCUT2D eigenvalue weighted by Gasteiger charge is -2.33. The molecule has 2 aliphatic rings. The van der Waals surface area contributed by atoms with E-state index in [9.17, 15) is 8.42 Å². The van der Waals surface area contributed by atoms with Crippen LogP contribution in [-0.4, -0.2) is 44.7 Å². The smallest absolute Gasteiger partial charge is 0.215 e. The number of rotatable bonds is 7. The Hall–Kier alpha value is -1.80. The molecule has 2 bridgehead atoms. The van der Waals surface area contributed by atoms with Gasteiger partial charge in [0, 0.05) is 24.9 Å². The van der Waals surface area contributed by atoms with Crippen LogP contribution in [0.5, 0.6) is 0 Å². The van der Waals surface area contributed by atoms with Gasteiger partial charge in [-0.3, -0.25) is 10.1 Å². The molecular formula is C19H27N5O2S. The highest BCUT2D eigenvalue weighted by Crippen LogP contribution is 2.51. The van der Waals surface area contributed by atoms with Gasteiger partial charge < -0.3 is 0 Å². The highest BCUT2D eigenvalue weighted by molar-refractivity contribution is 7.89. The van der Waals surface area contributed by atoms with E-state index in [1.54, 1.807) is 16.7 Å². The summed E-state index contributed by atoms with van der Waals surface area (Å²) < 4.78 is 27.7. The maximum Gasteiger partial charge on any atom is 0.215 e. The lowest BCUT2D eigenvalue weighted by molar-refractivity contribution is 0.236. The number of aryl methyl sites for hydroxylation is 2. The largest absolute Gasteiger partial charge is 0.265 e. The Bertz CT molecular complexity index is 881. The first-order chi connectivity index (χ1) is 12.9. The Morgan fingerprint density at radius 2 is 2.00 bits per heavy atom. The molecule has 2 fully saturated rings. The summed E-state index contributed by atoms with van der Waals surface area (Å²) in [5, 5.41) is 7.41. The fourth-order valence-electron chi connectivity index (χ4n) is 4.56. The minimum atomic E-state index is -3.29. The van der Waals surface area contributed by atoms with E-state index >= 15 is 0 Å². The SMILES string of the molecule is CC(C)CS(=O)(=O)N1[C@@H]2CC[C@@H](C2)[C@H]1c1nc(CCc2ccncc2)n[nH]1. The van der Waals surface area contributed by atoms with E-state index < -0.39 is 10.0 Å². The standard InChI is InChI=1S/C19H27N5O2S/c1-13(2)12-27(25,26)24-16-5-4-15(11-16)18(24)19-21-17(22-23-19)6-3-14-7-9-20-10-8-14/h7-10,13,15-16,18H,3-6,11-12H2,1-2H3,(H,21,22,23)/t15-,16+,18-/m0/s1. The van der Waals surface area contributed by atoms with Gasteiger partial charge in [0.1, 0.15) is 5.82 Å². The first kappa shape index (κ1) is 18.6. The summed E-state index contributed by atoms with van der Waals surface area (Å²) in [6, 6.07) is 3.91. The lowest BCUT2D eigenvalue weighted by Crippen LogP contribution is -2.42. The van der Waals surface area contributed by atoms with Crippen LogP contribution in [0.3, 0.4) is 0 Å². The average Bonchev–Trinajstić information content (AvgIpc) is 3.35. The van der Waals surface area contributed by atoms with Gasteiger partial charge in [0.25, 0.3) is 0 Å². The maximum atomic E-state index is 13.0. The van der Waals surface area contributed by atoms with Crippen molar-refractivity contribution in [1.29, 1.82) is 0 Å². The first-order valence-corrected chi connectivity index (χ1v) is 11.4. The zero-order valence-corrected chi connectivity index (χ0v) is 16.7. The molecule has 2 aromatic heterocycles. The first-order valence-electron chi connectivity index (χ1n) is 9.75. The Morgan fingerprint density at radius 1 is 1.22 bits per heavy atom. The van der Waals surface area contributed by atoms with E-state index in [1.807, 2.05) is 26.0 Å². The number of hydrogen-bond donors (Lipinski definition) is 1. The van der Waals surface area contributed by atoms with Crippen LogP contribution >= 0.6 is 0 Å². The fourth-order valence-corrected chi connectivity index (χ4v) is 6.83. The zero-order chi connectivity index (χ0) is 19.0. The van der Waals surface area contributed by atoms with Gasteiger partial charge in [-0.05, 0) is 55.2 Å². The minimum Gasteiger partial charge on any atom is -0.265 e. The molecule has 1 aliphatic carbocycles. The molecule has 7 nitrogen and oxygen atoms in total. The summed E-state index contributed by atoms with van der Waals surface area (Å²) in [4.78, 5) is 8.71. The van der Waals surface area contributed by atoms with Crippen molar-refractivity contribution in [2.45, 2.75) is 58.0 Å². The summed E-state index contributed by atoms with van der Waals surface area (Å²) >= 11 is 0. The number of hydrogen-bond acceptors (Lipinski definition) is 5. The molecule has 1 aliphatic heterocycles. The van der Waals surface area contributed by atoms with Crippen LogP contribution in [0.25, 0.3) is 0 Å². The molecule has 0 aromatic carbocycles. The highest BCUT2D eigenvalue weighted by Gasteiger charge is 2.52. The van der Waals surface area contributed by atoms with Crippen LogP contribution in [0.1, 0.15) is 56.4 Å². The Morgan fingerprint density at radius 3 is 2.74 bits per heavy atom.